The summed E-state index contributed by atoms with van der Waals surface area (Å²) >= 11 is 0. The largest absolute Gasteiger partial charge is 0.414 e. The molecule has 0 radical (unpaired) electrons. The minimum Gasteiger partial charge on any atom is -0.410 e. The Morgan fingerprint density at radius 1 is 1.25 bits per heavy atom. The number of hydrogen-bond donors (Lipinski definition) is 2. The second kappa shape index (κ2) is 8.74. The van der Waals surface area contributed by atoms with Gasteiger partial charge in [0.05, 0.1) is 5.39 Å². The highest BCUT2D eigenvalue weighted by molar-refractivity contribution is 5.92. The Morgan fingerprint density at radius 2 is 2.06 bits per heavy atom. The second-order valence-electron chi connectivity index (χ2n) is 8.10. The van der Waals surface area contributed by atoms with E-state index in [9.17, 15) is 9.59 Å². The van der Waals surface area contributed by atoms with E-state index in [4.69, 9.17) is 4.74 Å². The Labute approximate surface area is 186 Å². The summed E-state index contributed by atoms with van der Waals surface area (Å²) in [5, 5.41) is 3.92. The molecule has 0 bridgehead atoms. The predicted octanol–water partition coefficient (Wildman–Crippen LogP) is 3.07. The average molecular weight is 438 g/mol. The van der Waals surface area contributed by atoms with Crippen LogP contribution < -0.4 is 15.0 Å². The molecule has 0 spiro atoms. The van der Waals surface area contributed by atoms with E-state index in [-0.39, 0.29) is 12.1 Å². The van der Waals surface area contributed by atoms with Gasteiger partial charge in [0.1, 0.15) is 23.5 Å². The van der Waals surface area contributed by atoms with E-state index in [1.54, 1.807) is 49.6 Å². The molecule has 1 saturated heterocycles. The van der Waals surface area contributed by atoms with Crippen molar-refractivity contribution in [1.29, 1.82) is 0 Å². The lowest BCUT2D eigenvalue weighted by molar-refractivity contribution is 0.172. The summed E-state index contributed by atoms with van der Waals surface area (Å²) in [6.07, 6.45) is 3.02. The smallest absolute Gasteiger partial charge is 0.410 e. The van der Waals surface area contributed by atoms with Gasteiger partial charge < -0.3 is 29.7 Å². The molecule has 1 unspecified atom stereocenters. The van der Waals surface area contributed by atoms with E-state index >= 15 is 0 Å². The lowest BCUT2D eigenvalue weighted by atomic mass is 10.1. The molecule has 0 aliphatic carbocycles. The van der Waals surface area contributed by atoms with E-state index < -0.39 is 6.09 Å². The van der Waals surface area contributed by atoms with Gasteiger partial charge in [0.25, 0.3) is 0 Å². The molecule has 2 aromatic heterocycles. The van der Waals surface area contributed by atoms with Crippen molar-refractivity contribution in [2.75, 3.05) is 43.9 Å². The van der Waals surface area contributed by atoms with Crippen LogP contribution in [0.25, 0.3) is 11.0 Å². The highest BCUT2D eigenvalue weighted by Gasteiger charge is 2.29. The molecule has 168 valence electrons. The number of aromatic nitrogens is 3. The van der Waals surface area contributed by atoms with Crippen molar-refractivity contribution in [3.63, 3.8) is 0 Å². The first-order valence-electron chi connectivity index (χ1n) is 10.4. The van der Waals surface area contributed by atoms with E-state index in [1.807, 2.05) is 20.0 Å². The third-order valence-corrected chi connectivity index (χ3v) is 5.49. The Hall–Kier alpha value is -3.82. The van der Waals surface area contributed by atoms with Crippen molar-refractivity contribution in [3.8, 4) is 5.75 Å². The monoisotopic (exact) mass is 437 g/mol. The zero-order valence-electron chi connectivity index (χ0n) is 18.6. The van der Waals surface area contributed by atoms with Crippen LogP contribution in [0.3, 0.4) is 0 Å². The van der Waals surface area contributed by atoms with E-state index in [2.05, 4.69) is 25.2 Å². The van der Waals surface area contributed by atoms with E-state index in [1.165, 1.54) is 4.90 Å². The number of hydrogen-bond acceptors (Lipinski definition) is 6. The maximum Gasteiger partial charge on any atom is 0.414 e. The summed E-state index contributed by atoms with van der Waals surface area (Å²) in [7, 11) is 3.22. The van der Waals surface area contributed by atoms with Crippen molar-refractivity contribution in [2.24, 2.45) is 0 Å². The van der Waals surface area contributed by atoms with Crippen molar-refractivity contribution < 1.29 is 14.3 Å². The third-order valence-electron chi connectivity index (χ3n) is 5.49. The van der Waals surface area contributed by atoms with Crippen LogP contribution in [0.1, 0.15) is 12.5 Å². The zero-order valence-corrected chi connectivity index (χ0v) is 18.6. The van der Waals surface area contributed by atoms with Crippen LogP contribution in [-0.4, -0.2) is 76.6 Å². The number of carbonyl (C=O) groups excluding carboxylic acids is 2. The standard InChI is InChI=1S/C22H27N7O3/c1-14-11-23-19-18(14)20(25-13-24-19)28-8-9-29(15(2)12-28)21(30)26-16-6-5-7-17(10-16)32-22(31)27(3)4/h5-7,10-11,13,15H,8-9,12H2,1-4H3,(H,26,30)(H,23,24,25). The number of rotatable bonds is 3. The van der Waals surface area contributed by atoms with Crippen LogP contribution >= 0.6 is 0 Å². The maximum atomic E-state index is 12.9. The number of aromatic amines is 1. The van der Waals surface area contributed by atoms with Crippen molar-refractivity contribution >= 4 is 34.7 Å². The molecule has 1 aromatic carbocycles. The van der Waals surface area contributed by atoms with Gasteiger partial charge >= 0.3 is 12.1 Å². The third kappa shape index (κ3) is 4.29. The van der Waals surface area contributed by atoms with Gasteiger partial charge in [0.2, 0.25) is 0 Å². The number of benzene rings is 1. The van der Waals surface area contributed by atoms with Gasteiger partial charge in [0, 0.05) is 57.7 Å². The molecule has 3 amide bonds. The molecule has 1 atom stereocenters. The normalized spacial score (nSPS) is 16.2. The van der Waals surface area contributed by atoms with Crippen LogP contribution in [0.4, 0.5) is 21.1 Å². The summed E-state index contributed by atoms with van der Waals surface area (Å²) in [6, 6.07) is 6.57. The highest BCUT2D eigenvalue weighted by Crippen LogP contribution is 2.28. The van der Waals surface area contributed by atoms with Gasteiger partial charge in [0.15, 0.2) is 0 Å². The molecule has 0 saturated carbocycles. The average Bonchev–Trinajstić information content (AvgIpc) is 3.15. The number of nitrogens with one attached hydrogen (secondary N) is 2. The SMILES string of the molecule is Cc1c[nH]c2ncnc(N3CCN(C(=O)Nc4cccc(OC(=O)N(C)C)c4)C(C)C3)c12. The zero-order chi connectivity index (χ0) is 22.8. The molecule has 10 nitrogen and oxygen atoms in total. The molecule has 10 heteroatoms. The number of nitrogens with zero attached hydrogens (tertiary/aromatic N) is 5. The topological polar surface area (TPSA) is 107 Å². The summed E-state index contributed by atoms with van der Waals surface area (Å²) in [5.74, 6) is 1.25. The number of anilines is 2. The lowest BCUT2D eigenvalue weighted by Gasteiger charge is -2.40. The molecule has 3 heterocycles. The number of carbonyl (C=O) groups is 2. The van der Waals surface area contributed by atoms with Crippen LogP contribution in [0, 0.1) is 6.92 Å². The van der Waals surface area contributed by atoms with Crippen LogP contribution in [0.2, 0.25) is 0 Å². The van der Waals surface area contributed by atoms with Crippen LogP contribution in [0.15, 0.2) is 36.8 Å². The van der Waals surface area contributed by atoms with Gasteiger partial charge in [-0.05, 0) is 31.5 Å². The summed E-state index contributed by atoms with van der Waals surface area (Å²) < 4.78 is 5.27. The predicted molar refractivity (Wildman–Crippen MR) is 122 cm³/mol. The number of ether oxygens (including phenoxy) is 1. The number of H-pyrrole nitrogens is 1. The molecular formula is C22H27N7O3. The number of amides is 3. The summed E-state index contributed by atoms with van der Waals surface area (Å²) in [6.45, 7) is 5.92. The molecule has 32 heavy (non-hydrogen) atoms. The van der Waals surface area contributed by atoms with Gasteiger partial charge in [-0.2, -0.15) is 0 Å². The first-order valence-corrected chi connectivity index (χ1v) is 10.4. The second-order valence-corrected chi connectivity index (χ2v) is 8.10. The van der Waals surface area contributed by atoms with Crippen molar-refractivity contribution in [1.82, 2.24) is 24.8 Å². The molecule has 1 aliphatic rings. The molecule has 3 aromatic rings. The minimum atomic E-state index is -0.477. The molecule has 1 fully saturated rings. The van der Waals surface area contributed by atoms with Gasteiger partial charge in [-0.15, -0.1) is 0 Å². The number of urea groups is 1. The summed E-state index contributed by atoms with van der Waals surface area (Å²) in [4.78, 5) is 42.0. The highest BCUT2D eigenvalue weighted by atomic mass is 16.6. The Balaban J connectivity index is 1.42. The molecule has 1 aliphatic heterocycles. The Morgan fingerprint density at radius 3 is 2.81 bits per heavy atom. The van der Waals surface area contributed by atoms with Gasteiger partial charge in [-0.1, -0.05) is 6.07 Å². The quantitative estimate of drug-likeness (QED) is 0.652. The minimum absolute atomic E-state index is 0.0252. The van der Waals surface area contributed by atoms with Crippen LogP contribution in [-0.2, 0) is 0 Å². The van der Waals surface area contributed by atoms with E-state index in [0.29, 0.717) is 31.1 Å². The molecule has 2 N–H and O–H groups in total. The fraction of sp³-hybridized carbons (Fsp3) is 0.364. The van der Waals surface area contributed by atoms with E-state index in [0.717, 1.165) is 22.4 Å². The molecular weight excluding hydrogens is 410 g/mol. The number of fused-ring (bicyclic) bond motifs is 1. The fourth-order valence-corrected chi connectivity index (χ4v) is 3.81. The van der Waals surface area contributed by atoms with Crippen molar-refractivity contribution in [2.45, 2.75) is 19.9 Å². The molecule has 4 rings (SSSR count). The van der Waals surface area contributed by atoms with Gasteiger partial charge in [-0.3, -0.25) is 0 Å². The maximum absolute atomic E-state index is 12.9. The number of aryl methyl sites for hydroxylation is 1. The van der Waals surface area contributed by atoms with Crippen molar-refractivity contribution in [3.05, 3.63) is 42.4 Å². The first-order chi connectivity index (χ1) is 15.3. The fourth-order valence-electron chi connectivity index (χ4n) is 3.81. The Kier molecular flexibility index (Phi) is 5.85. The first kappa shape index (κ1) is 21.4. The van der Waals surface area contributed by atoms with Gasteiger partial charge in [-0.25, -0.2) is 19.6 Å². The summed E-state index contributed by atoms with van der Waals surface area (Å²) in [5.41, 5.74) is 2.47. The number of piperazine rings is 1. The van der Waals surface area contributed by atoms with Crippen LogP contribution in [0.5, 0.6) is 5.75 Å². The lowest BCUT2D eigenvalue weighted by Crippen LogP contribution is -2.55. The Bertz CT molecular complexity index is 1140.